The molecule has 1 fully saturated rings. The summed E-state index contributed by atoms with van der Waals surface area (Å²) in [6.07, 6.45) is 3.13. The third-order valence-corrected chi connectivity index (χ3v) is 4.23. The molecule has 0 spiro atoms. The van der Waals surface area contributed by atoms with Crippen LogP contribution in [-0.4, -0.2) is 6.10 Å². The van der Waals surface area contributed by atoms with E-state index < -0.39 is 0 Å². The Hall–Kier alpha value is -1.49. The molecule has 0 aromatic heterocycles. The summed E-state index contributed by atoms with van der Waals surface area (Å²) in [5.74, 6) is 1.57. The fraction of sp³-hybridized carbons (Fsp3) is 0.611. The molecule has 2 rings (SSSR count). The van der Waals surface area contributed by atoms with E-state index >= 15 is 0 Å². The number of nitriles is 1. The number of nitrogens with zero attached hydrogens (tertiary/aromatic N) is 1. The van der Waals surface area contributed by atoms with E-state index in [1.54, 1.807) is 0 Å². The Balaban J connectivity index is 2.07. The normalized spacial score (nSPS) is 26.9. The minimum atomic E-state index is 0.0356. The molecule has 1 aliphatic carbocycles. The van der Waals surface area contributed by atoms with Crippen molar-refractivity contribution in [1.82, 2.24) is 0 Å². The van der Waals surface area contributed by atoms with Gasteiger partial charge in [0.1, 0.15) is 11.9 Å². The van der Waals surface area contributed by atoms with Crippen LogP contribution in [0, 0.1) is 23.2 Å². The number of rotatable bonds is 2. The third-order valence-electron chi connectivity index (χ3n) is 4.23. The summed E-state index contributed by atoms with van der Waals surface area (Å²) < 4.78 is 6.07. The van der Waals surface area contributed by atoms with Gasteiger partial charge in [-0.15, -0.1) is 0 Å². The van der Waals surface area contributed by atoms with E-state index in [-0.39, 0.29) is 17.4 Å². The van der Waals surface area contributed by atoms with Crippen molar-refractivity contribution in [3.8, 4) is 11.8 Å². The molecule has 0 aliphatic heterocycles. The lowest BCUT2D eigenvalue weighted by Crippen LogP contribution is -2.32. The zero-order chi connectivity index (χ0) is 14.8. The second-order valence-corrected chi connectivity index (χ2v) is 7.08. The molecule has 0 amide bonds. The van der Waals surface area contributed by atoms with Crippen molar-refractivity contribution in [2.24, 2.45) is 11.8 Å². The summed E-state index contributed by atoms with van der Waals surface area (Å²) in [7, 11) is 0. The average Bonchev–Trinajstić information content (AvgIpc) is 2.38. The maximum atomic E-state index is 9.25. The lowest BCUT2D eigenvalue weighted by Gasteiger charge is -2.31. The van der Waals surface area contributed by atoms with E-state index in [2.05, 4.69) is 45.9 Å². The van der Waals surface area contributed by atoms with Crippen LogP contribution < -0.4 is 4.74 Å². The molecule has 20 heavy (non-hydrogen) atoms. The molecule has 2 heteroatoms. The maximum absolute atomic E-state index is 9.25. The largest absolute Gasteiger partial charge is 0.489 e. The van der Waals surface area contributed by atoms with E-state index in [0.29, 0.717) is 5.92 Å². The van der Waals surface area contributed by atoms with Gasteiger partial charge in [-0.1, -0.05) is 39.8 Å². The second kappa shape index (κ2) is 5.87. The van der Waals surface area contributed by atoms with Gasteiger partial charge in [0.2, 0.25) is 0 Å². The van der Waals surface area contributed by atoms with E-state index in [4.69, 9.17) is 4.74 Å². The average molecular weight is 271 g/mol. The fourth-order valence-corrected chi connectivity index (χ4v) is 2.81. The van der Waals surface area contributed by atoms with Crippen LogP contribution in [0.2, 0.25) is 0 Å². The number of hydrogen-bond donors (Lipinski definition) is 0. The number of hydrogen-bond acceptors (Lipinski definition) is 2. The van der Waals surface area contributed by atoms with E-state index in [9.17, 15) is 5.26 Å². The smallest absolute Gasteiger partial charge is 0.119 e. The standard InChI is InChI=1S/C18H25NO/c1-13-5-6-14(12-19)17(11-13)20-16-9-7-15(8-10-16)18(2,3)4/h7-10,13-14,17H,5-6,11H2,1-4H3. The van der Waals surface area contributed by atoms with Gasteiger partial charge in [0, 0.05) is 0 Å². The lowest BCUT2D eigenvalue weighted by atomic mass is 9.81. The highest BCUT2D eigenvalue weighted by Gasteiger charge is 2.30. The van der Waals surface area contributed by atoms with E-state index in [0.717, 1.165) is 25.0 Å². The van der Waals surface area contributed by atoms with Crippen molar-refractivity contribution in [1.29, 1.82) is 5.26 Å². The Kier molecular flexibility index (Phi) is 4.38. The van der Waals surface area contributed by atoms with Gasteiger partial charge in [-0.05, 0) is 48.3 Å². The number of ether oxygens (including phenoxy) is 1. The SMILES string of the molecule is CC1CCC(C#N)C(Oc2ccc(C(C)(C)C)cc2)C1. The van der Waals surface area contributed by atoms with Gasteiger partial charge in [0.25, 0.3) is 0 Å². The van der Waals surface area contributed by atoms with Crippen molar-refractivity contribution < 1.29 is 4.74 Å². The monoisotopic (exact) mass is 271 g/mol. The molecular formula is C18H25NO. The number of benzene rings is 1. The van der Waals surface area contributed by atoms with Gasteiger partial charge < -0.3 is 4.74 Å². The first-order valence-corrected chi connectivity index (χ1v) is 7.57. The van der Waals surface area contributed by atoms with Crippen LogP contribution in [0.4, 0.5) is 0 Å². The Morgan fingerprint density at radius 1 is 1.15 bits per heavy atom. The molecular weight excluding hydrogens is 246 g/mol. The van der Waals surface area contributed by atoms with Gasteiger partial charge in [-0.25, -0.2) is 0 Å². The molecule has 0 heterocycles. The molecule has 3 unspecified atom stereocenters. The quantitative estimate of drug-likeness (QED) is 0.781. The van der Waals surface area contributed by atoms with Crippen molar-refractivity contribution in [2.75, 3.05) is 0 Å². The zero-order valence-electron chi connectivity index (χ0n) is 13.0. The Morgan fingerprint density at radius 2 is 1.80 bits per heavy atom. The molecule has 0 N–H and O–H groups in total. The summed E-state index contributed by atoms with van der Waals surface area (Å²) in [6.45, 7) is 8.86. The summed E-state index contributed by atoms with van der Waals surface area (Å²) in [5.41, 5.74) is 1.46. The molecule has 1 aromatic carbocycles. The molecule has 0 bridgehead atoms. The summed E-state index contributed by atoms with van der Waals surface area (Å²) in [6, 6.07) is 10.7. The first-order valence-electron chi connectivity index (χ1n) is 7.57. The van der Waals surface area contributed by atoms with Crippen LogP contribution in [0.1, 0.15) is 52.5 Å². The molecule has 1 aliphatic rings. The summed E-state index contributed by atoms with van der Waals surface area (Å²) in [4.78, 5) is 0. The van der Waals surface area contributed by atoms with Crippen LogP contribution >= 0.6 is 0 Å². The highest BCUT2D eigenvalue weighted by Crippen LogP contribution is 2.32. The molecule has 1 aromatic rings. The van der Waals surface area contributed by atoms with Gasteiger partial charge in [0.05, 0.1) is 12.0 Å². The van der Waals surface area contributed by atoms with Crippen LogP contribution in [0.5, 0.6) is 5.75 Å². The van der Waals surface area contributed by atoms with Crippen LogP contribution in [0.3, 0.4) is 0 Å². The minimum Gasteiger partial charge on any atom is -0.489 e. The van der Waals surface area contributed by atoms with Crippen LogP contribution in [0.15, 0.2) is 24.3 Å². The van der Waals surface area contributed by atoms with Gasteiger partial charge in [-0.2, -0.15) is 5.26 Å². The fourth-order valence-electron chi connectivity index (χ4n) is 2.81. The van der Waals surface area contributed by atoms with E-state index in [1.807, 2.05) is 12.1 Å². The molecule has 1 saturated carbocycles. The molecule has 0 saturated heterocycles. The highest BCUT2D eigenvalue weighted by atomic mass is 16.5. The third kappa shape index (κ3) is 3.54. The van der Waals surface area contributed by atoms with Crippen molar-refractivity contribution in [2.45, 2.75) is 58.5 Å². The first kappa shape index (κ1) is 14.9. The molecule has 0 radical (unpaired) electrons. The van der Waals surface area contributed by atoms with Gasteiger partial charge in [0.15, 0.2) is 0 Å². The predicted octanol–water partition coefficient (Wildman–Crippen LogP) is 4.69. The first-order chi connectivity index (χ1) is 9.40. The van der Waals surface area contributed by atoms with Crippen molar-refractivity contribution in [3.63, 3.8) is 0 Å². The maximum Gasteiger partial charge on any atom is 0.119 e. The Labute approximate surface area is 122 Å². The lowest BCUT2D eigenvalue weighted by molar-refractivity contribution is 0.0956. The molecule has 108 valence electrons. The highest BCUT2D eigenvalue weighted by molar-refractivity contribution is 5.31. The van der Waals surface area contributed by atoms with Crippen LogP contribution in [-0.2, 0) is 5.41 Å². The molecule has 2 nitrogen and oxygen atoms in total. The topological polar surface area (TPSA) is 33.0 Å². The Bertz CT molecular complexity index is 478. The summed E-state index contributed by atoms with van der Waals surface area (Å²) >= 11 is 0. The van der Waals surface area contributed by atoms with Crippen LogP contribution in [0.25, 0.3) is 0 Å². The minimum absolute atomic E-state index is 0.0356. The molecule has 3 atom stereocenters. The van der Waals surface area contributed by atoms with Crippen molar-refractivity contribution in [3.05, 3.63) is 29.8 Å². The van der Waals surface area contributed by atoms with Gasteiger partial charge in [-0.3, -0.25) is 0 Å². The predicted molar refractivity (Wildman–Crippen MR) is 81.7 cm³/mol. The second-order valence-electron chi connectivity index (χ2n) is 7.08. The zero-order valence-corrected chi connectivity index (χ0v) is 13.0. The van der Waals surface area contributed by atoms with Crippen molar-refractivity contribution >= 4 is 0 Å². The van der Waals surface area contributed by atoms with E-state index in [1.165, 1.54) is 5.56 Å². The summed E-state index contributed by atoms with van der Waals surface area (Å²) in [5, 5.41) is 9.25. The Morgan fingerprint density at radius 3 is 2.35 bits per heavy atom. The van der Waals surface area contributed by atoms with Gasteiger partial charge >= 0.3 is 0 Å².